The van der Waals surface area contributed by atoms with E-state index in [-0.39, 0.29) is 11.4 Å². The van der Waals surface area contributed by atoms with E-state index in [0.717, 1.165) is 18.6 Å². The van der Waals surface area contributed by atoms with Gasteiger partial charge in [-0.15, -0.1) is 11.8 Å². The summed E-state index contributed by atoms with van der Waals surface area (Å²) in [5, 5.41) is 6.45. The zero-order valence-electron chi connectivity index (χ0n) is 9.71. The van der Waals surface area contributed by atoms with E-state index in [9.17, 15) is 4.79 Å². The van der Waals surface area contributed by atoms with Crippen molar-refractivity contribution in [3.05, 3.63) is 0 Å². The second-order valence-corrected chi connectivity index (χ2v) is 5.24. The van der Waals surface area contributed by atoms with Gasteiger partial charge < -0.3 is 5.32 Å². The number of carbonyl (C=O) groups excluding carboxylic acids is 1. The monoisotopic (exact) mass is 230 g/mol. The molecule has 1 fully saturated rings. The summed E-state index contributed by atoms with van der Waals surface area (Å²) in [6.07, 6.45) is 5.30. The summed E-state index contributed by atoms with van der Waals surface area (Å²) in [5.41, 5.74) is 0.134. The van der Waals surface area contributed by atoms with Crippen LogP contribution >= 0.6 is 11.8 Å². The van der Waals surface area contributed by atoms with Gasteiger partial charge in [0.2, 0.25) is 5.91 Å². The fourth-order valence-electron chi connectivity index (χ4n) is 1.71. The Morgan fingerprint density at radius 3 is 2.87 bits per heavy atom. The average Bonchev–Trinajstić information content (AvgIpc) is 2.18. The lowest BCUT2D eigenvalue weighted by Gasteiger charge is -2.31. The summed E-state index contributed by atoms with van der Waals surface area (Å²) in [7, 11) is 0. The van der Waals surface area contributed by atoms with E-state index in [0.29, 0.717) is 12.5 Å². The Balaban J connectivity index is 2.27. The van der Waals surface area contributed by atoms with Gasteiger partial charge in [0.05, 0.1) is 0 Å². The van der Waals surface area contributed by atoms with Crippen LogP contribution in [0.2, 0.25) is 0 Å². The average molecular weight is 230 g/mol. The summed E-state index contributed by atoms with van der Waals surface area (Å²) in [4.78, 5) is 11.4. The van der Waals surface area contributed by atoms with Crippen LogP contribution < -0.4 is 10.6 Å². The van der Waals surface area contributed by atoms with E-state index in [4.69, 9.17) is 0 Å². The molecule has 0 radical (unpaired) electrons. The molecule has 0 aromatic carbocycles. The minimum atomic E-state index is 0.134. The number of nitrogens with one attached hydrogen (secondary N) is 2. The number of carbonyl (C=O) groups is 1. The molecule has 0 aromatic rings. The Morgan fingerprint density at radius 2 is 2.20 bits per heavy atom. The van der Waals surface area contributed by atoms with Crippen LogP contribution in [0.3, 0.4) is 0 Å². The van der Waals surface area contributed by atoms with Crippen LogP contribution in [0.1, 0.15) is 46.0 Å². The van der Waals surface area contributed by atoms with Crippen LogP contribution in [0.15, 0.2) is 0 Å². The number of thioether (sulfide) groups is 1. The molecule has 1 heterocycles. The topological polar surface area (TPSA) is 41.1 Å². The van der Waals surface area contributed by atoms with Crippen LogP contribution in [0.4, 0.5) is 0 Å². The molecule has 1 aliphatic rings. The summed E-state index contributed by atoms with van der Waals surface area (Å²) in [6.45, 7) is 4.35. The van der Waals surface area contributed by atoms with Gasteiger partial charge in [-0.1, -0.05) is 26.7 Å². The fourth-order valence-corrected chi connectivity index (χ4v) is 2.91. The number of hydrogen-bond acceptors (Lipinski definition) is 3. The zero-order valence-corrected chi connectivity index (χ0v) is 10.5. The lowest BCUT2D eigenvalue weighted by atomic mass is 10.1. The number of amides is 1. The van der Waals surface area contributed by atoms with Gasteiger partial charge in [0, 0.05) is 12.5 Å². The smallest absolute Gasteiger partial charge is 0.223 e. The first-order chi connectivity index (χ1) is 7.26. The normalized spacial score (nSPS) is 26.4. The van der Waals surface area contributed by atoms with Crippen LogP contribution in [0.25, 0.3) is 0 Å². The molecule has 0 aliphatic carbocycles. The third-order valence-corrected chi connectivity index (χ3v) is 3.64. The molecule has 2 atom stereocenters. The van der Waals surface area contributed by atoms with Gasteiger partial charge in [0.1, 0.15) is 5.50 Å². The van der Waals surface area contributed by atoms with Crippen molar-refractivity contribution in [1.82, 2.24) is 10.6 Å². The van der Waals surface area contributed by atoms with Crippen molar-refractivity contribution in [3.63, 3.8) is 0 Å². The highest BCUT2D eigenvalue weighted by atomic mass is 32.2. The number of hydrogen-bond donors (Lipinski definition) is 2. The van der Waals surface area contributed by atoms with E-state index >= 15 is 0 Å². The molecule has 1 rings (SSSR count). The van der Waals surface area contributed by atoms with Gasteiger partial charge in [-0.25, -0.2) is 0 Å². The van der Waals surface area contributed by atoms with E-state index in [1.54, 1.807) is 0 Å². The summed E-state index contributed by atoms with van der Waals surface area (Å²) < 4.78 is 0. The third kappa shape index (κ3) is 4.89. The van der Waals surface area contributed by atoms with E-state index in [1.807, 2.05) is 11.8 Å². The van der Waals surface area contributed by atoms with Crippen molar-refractivity contribution in [3.8, 4) is 0 Å². The first kappa shape index (κ1) is 12.8. The van der Waals surface area contributed by atoms with Crippen LogP contribution in [0.5, 0.6) is 0 Å². The predicted molar refractivity (Wildman–Crippen MR) is 65.7 cm³/mol. The summed E-state index contributed by atoms with van der Waals surface area (Å²) in [6, 6.07) is 0.378. The minimum absolute atomic E-state index is 0.134. The SMILES string of the molecule is CCCCSC1NC(=O)CC(CCC)N1. The molecule has 0 bridgehead atoms. The first-order valence-electron chi connectivity index (χ1n) is 5.93. The van der Waals surface area contributed by atoms with Gasteiger partial charge in [-0.05, 0) is 18.6 Å². The van der Waals surface area contributed by atoms with Crippen molar-refractivity contribution >= 4 is 17.7 Å². The second-order valence-electron chi connectivity index (χ2n) is 4.03. The van der Waals surface area contributed by atoms with Gasteiger partial charge in [-0.2, -0.15) is 0 Å². The fraction of sp³-hybridized carbons (Fsp3) is 0.909. The van der Waals surface area contributed by atoms with Crippen LogP contribution in [-0.4, -0.2) is 23.2 Å². The number of unbranched alkanes of at least 4 members (excludes halogenated alkanes) is 1. The Hall–Kier alpha value is -0.220. The molecular weight excluding hydrogens is 208 g/mol. The zero-order chi connectivity index (χ0) is 11.1. The van der Waals surface area contributed by atoms with Crippen molar-refractivity contribution in [2.24, 2.45) is 0 Å². The van der Waals surface area contributed by atoms with Crippen molar-refractivity contribution in [2.45, 2.75) is 57.5 Å². The summed E-state index contributed by atoms with van der Waals surface area (Å²) >= 11 is 1.81. The maximum Gasteiger partial charge on any atom is 0.223 e. The highest BCUT2D eigenvalue weighted by Gasteiger charge is 2.24. The molecule has 4 heteroatoms. The van der Waals surface area contributed by atoms with Gasteiger partial charge in [0.25, 0.3) is 0 Å². The highest BCUT2D eigenvalue weighted by Crippen LogP contribution is 2.15. The molecular formula is C11H22N2OS. The summed E-state index contributed by atoms with van der Waals surface area (Å²) in [5.74, 6) is 1.31. The van der Waals surface area contributed by atoms with Crippen LogP contribution in [0, 0.1) is 0 Å². The molecule has 3 nitrogen and oxygen atoms in total. The molecule has 15 heavy (non-hydrogen) atoms. The maximum atomic E-state index is 11.4. The van der Waals surface area contributed by atoms with Gasteiger partial charge in [0.15, 0.2) is 0 Å². The first-order valence-corrected chi connectivity index (χ1v) is 6.98. The Labute approximate surface area is 96.8 Å². The molecule has 2 N–H and O–H groups in total. The Bertz CT molecular complexity index is 199. The third-order valence-electron chi connectivity index (χ3n) is 2.53. The molecule has 1 amide bonds. The lowest BCUT2D eigenvalue weighted by Crippen LogP contribution is -2.54. The van der Waals surface area contributed by atoms with Crippen LogP contribution in [-0.2, 0) is 4.79 Å². The molecule has 1 saturated heterocycles. The van der Waals surface area contributed by atoms with E-state index in [1.165, 1.54) is 12.8 Å². The van der Waals surface area contributed by atoms with Crippen molar-refractivity contribution in [2.75, 3.05) is 5.75 Å². The second kappa shape index (κ2) is 7.12. The predicted octanol–water partition coefficient (Wildman–Crippen LogP) is 2.08. The maximum absolute atomic E-state index is 11.4. The quantitative estimate of drug-likeness (QED) is 0.686. The molecule has 2 unspecified atom stereocenters. The highest BCUT2D eigenvalue weighted by molar-refractivity contribution is 7.99. The molecule has 1 aliphatic heterocycles. The standard InChI is InChI=1S/C11H22N2OS/c1-3-5-7-15-11-12-9(6-4-2)8-10(14)13-11/h9,11-12H,3-8H2,1-2H3,(H,13,14). The number of rotatable bonds is 6. The van der Waals surface area contributed by atoms with Crippen molar-refractivity contribution in [1.29, 1.82) is 0 Å². The molecule has 88 valence electrons. The van der Waals surface area contributed by atoms with Crippen molar-refractivity contribution < 1.29 is 4.79 Å². The van der Waals surface area contributed by atoms with E-state index < -0.39 is 0 Å². The Kier molecular flexibility index (Phi) is 6.10. The Morgan fingerprint density at radius 1 is 1.40 bits per heavy atom. The lowest BCUT2D eigenvalue weighted by molar-refractivity contribution is -0.123. The molecule has 0 saturated carbocycles. The minimum Gasteiger partial charge on any atom is -0.332 e. The van der Waals surface area contributed by atoms with Gasteiger partial charge in [-0.3, -0.25) is 10.1 Å². The molecule has 0 spiro atoms. The van der Waals surface area contributed by atoms with Gasteiger partial charge >= 0.3 is 0 Å². The van der Waals surface area contributed by atoms with E-state index in [2.05, 4.69) is 24.5 Å². The largest absolute Gasteiger partial charge is 0.332 e. The molecule has 0 aromatic heterocycles.